The number of likely N-dealkylation sites (tertiary alicyclic amines) is 2. The van der Waals surface area contributed by atoms with Crippen LogP contribution in [0.25, 0.3) is 21.7 Å². The highest BCUT2D eigenvalue weighted by Gasteiger charge is 2.44. The Balaban J connectivity index is 0.721. The molecular weight excluding hydrogens is 930 g/mol. The van der Waals surface area contributed by atoms with Gasteiger partial charge in [0.2, 0.25) is 11.8 Å². The number of aromatic nitrogens is 4. The molecule has 2 aromatic carbocycles. The van der Waals surface area contributed by atoms with Gasteiger partial charge in [-0.1, -0.05) is 55.4 Å². The number of ether oxygens (including phenoxy) is 1. The number of aliphatic hydroxyl groups is 1. The first kappa shape index (κ1) is 49.6. The number of anilines is 3. The lowest BCUT2D eigenvalue weighted by molar-refractivity contribution is -0.141. The van der Waals surface area contributed by atoms with Crippen LogP contribution >= 0.6 is 11.3 Å². The minimum Gasteiger partial charge on any atom is -0.507 e. The first-order valence-electron chi connectivity index (χ1n) is 24.7. The molecule has 0 bridgehead atoms. The summed E-state index contributed by atoms with van der Waals surface area (Å²) < 4.78 is 27.3. The largest absolute Gasteiger partial charge is 0.507 e. The number of rotatable bonds is 13. The number of aromatic hydroxyl groups is 1. The SMILES string of the molecule is Cc1ncsc1-c1ccc([C@H](C)NC(=O)[C@@H]2C[C@@H](O)CN2C(=O)[C@@H](c2cc(N3CCC(CN4CC[C@@H](OC(=O)N5CCN(c6cc(-c7ccccc7O)nnc6N)CC5)[C@@H](F)C4)CC3)no2)C(C)C)cc1. The van der Waals surface area contributed by atoms with Gasteiger partial charge in [0.25, 0.3) is 0 Å². The second-order valence-electron chi connectivity index (χ2n) is 19.7. The van der Waals surface area contributed by atoms with Crippen LogP contribution in [0, 0.1) is 18.8 Å². The number of nitrogens with zero attached hydrogens (tertiary/aromatic N) is 9. The maximum Gasteiger partial charge on any atom is 0.410 e. The number of alkyl halides is 1. The van der Waals surface area contributed by atoms with Crippen LogP contribution in [0.15, 0.2) is 70.7 Å². The van der Waals surface area contributed by atoms with Crippen molar-refractivity contribution < 1.29 is 38.2 Å². The predicted octanol–water partition coefficient (Wildman–Crippen LogP) is 6.02. The number of piperidine rings is 2. The van der Waals surface area contributed by atoms with Gasteiger partial charge in [0.15, 0.2) is 17.4 Å². The fourth-order valence-corrected chi connectivity index (χ4v) is 11.3. The van der Waals surface area contributed by atoms with Crippen molar-refractivity contribution in [2.24, 2.45) is 11.8 Å². The maximum absolute atomic E-state index is 15.7. The van der Waals surface area contributed by atoms with Crippen LogP contribution in [-0.4, -0.2) is 153 Å². The maximum atomic E-state index is 15.7. The molecule has 71 heavy (non-hydrogen) atoms. The molecule has 6 atom stereocenters. The zero-order chi connectivity index (χ0) is 49.9. The van der Waals surface area contributed by atoms with Crippen LogP contribution < -0.4 is 20.9 Å². The Bertz CT molecular complexity index is 2650. The van der Waals surface area contributed by atoms with E-state index < -0.39 is 36.4 Å². The number of phenolic OH excluding ortho intramolecular Hbond substituents is 1. The van der Waals surface area contributed by atoms with E-state index in [0.29, 0.717) is 86.7 Å². The summed E-state index contributed by atoms with van der Waals surface area (Å²) in [5, 5.41) is 36.8. The van der Waals surface area contributed by atoms with Gasteiger partial charge in [-0.2, -0.15) is 0 Å². The number of aryl methyl sites for hydroxylation is 1. The number of amides is 3. The Morgan fingerprint density at radius 1 is 0.944 bits per heavy atom. The summed E-state index contributed by atoms with van der Waals surface area (Å²) in [5.74, 6) is 0.234. The van der Waals surface area contributed by atoms with Gasteiger partial charge in [0.05, 0.1) is 39.6 Å². The molecular formula is C51H64FN11O7S. The summed E-state index contributed by atoms with van der Waals surface area (Å²) in [5.41, 5.74) is 12.7. The number of nitrogens with two attached hydrogens (primary N) is 1. The molecule has 7 heterocycles. The second-order valence-corrected chi connectivity index (χ2v) is 20.6. The molecule has 378 valence electrons. The average Bonchev–Trinajstić information content (AvgIpc) is 4.13. The van der Waals surface area contributed by atoms with E-state index in [1.807, 2.05) is 68.4 Å². The van der Waals surface area contributed by atoms with Crippen molar-refractivity contribution in [3.63, 3.8) is 0 Å². The van der Waals surface area contributed by atoms with Crippen LogP contribution in [0.2, 0.25) is 0 Å². The fourth-order valence-electron chi connectivity index (χ4n) is 10.4. The van der Waals surface area contributed by atoms with Gasteiger partial charge < -0.3 is 50.1 Å². The monoisotopic (exact) mass is 993 g/mol. The highest BCUT2D eigenvalue weighted by atomic mass is 32.1. The molecule has 4 aliphatic rings. The van der Waals surface area contributed by atoms with Crippen molar-refractivity contribution in [3.05, 3.63) is 83.2 Å². The topological polar surface area (TPSA) is 220 Å². The van der Waals surface area contributed by atoms with E-state index in [1.165, 1.54) is 4.90 Å². The number of β-amino-alcohol motifs (C(OH)–C–C–N with tert-alkyl or cyclic N) is 1. The predicted molar refractivity (Wildman–Crippen MR) is 268 cm³/mol. The number of nitrogen functional groups attached to an aromatic ring is 1. The van der Waals surface area contributed by atoms with Crippen molar-refractivity contribution in [3.8, 4) is 27.4 Å². The number of carbonyl (C=O) groups excluding carboxylic acids is 3. The number of carbonyl (C=O) groups is 3. The number of piperazine rings is 1. The normalized spacial score (nSPS) is 22.2. The first-order valence-corrected chi connectivity index (χ1v) is 25.6. The van der Waals surface area contributed by atoms with Gasteiger partial charge in [-0.15, -0.1) is 21.5 Å². The van der Waals surface area contributed by atoms with Crippen LogP contribution in [0.3, 0.4) is 0 Å². The quantitative estimate of drug-likeness (QED) is 0.106. The highest BCUT2D eigenvalue weighted by molar-refractivity contribution is 7.13. The molecule has 3 aromatic heterocycles. The molecule has 4 fully saturated rings. The summed E-state index contributed by atoms with van der Waals surface area (Å²) >= 11 is 1.58. The number of hydrogen-bond donors (Lipinski definition) is 4. The minimum atomic E-state index is -1.31. The molecule has 4 saturated heterocycles. The van der Waals surface area contributed by atoms with E-state index >= 15 is 4.39 Å². The Kier molecular flexibility index (Phi) is 15.0. The lowest BCUT2D eigenvalue weighted by Crippen LogP contribution is -2.52. The van der Waals surface area contributed by atoms with E-state index in [0.717, 1.165) is 41.1 Å². The van der Waals surface area contributed by atoms with E-state index in [-0.39, 0.29) is 54.9 Å². The zero-order valence-corrected chi connectivity index (χ0v) is 41.5. The lowest BCUT2D eigenvalue weighted by atomic mass is 9.91. The van der Waals surface area contributed by atoms with Crippen molar-refractivity contribution in [2.45, 2.75) is 89.8 Å². The molecule has 0 aliphatic carbocycles. The Hall–Kier alpha value is -6.38. The van der Waals surface area contributed by atoms with E-state index in [4.69, 9.17) is 15.0 Å². The molecule has 18 nitrogen and oxygen atoms in total. The van der Waals surface area contributed by atoms with E-state index in [9.17, 15) is 24.6 Å². The number of halogens is 1. The van der Waals surface area contributed by atoms with Gasteiger partial charge in [0, 0.05) is 89.9 Å². The fraction of sp³-hybridized carbons (Fsp3) is 0.510. The molecule has 5 N–H and O–H groups in total. The summed E-state index contributed by atoms with van der Waals surface area (Å²) in [6, 6.07) is 17.3. The van der Waals surface area contributed by atoms with Crippen molar-refractivity contribution in [1.29, 1.82) is 0 Å². The highest BCUT2D eigenvalue weighted by Crippen LogP contribution is 2.36. The van der Waals surface area contributed by atoms with Gasteiger partial charge >= 0.3 is 6.09 Å². The summed E-state index contributed by atoms with van der Waals surface area (Å²) in [7, 11) is 0. The summed E-state index contributed by atoms with van der Waals surface area (Å²) in [6.45, 7) is 12.4. The number of benzene rings is 2. The molecule has 9 rings (SSSR count). The number of nitrogens with one attached hydrogen (secondary N) is 1. The van der Waals surface area contributed by atoms with Crippen molar-refractivity contribution in [1.82, 2.24) is 40.4 Å². The van der Waals surface area contributed by atoms with Gasteiger partial charge in [-0.05, 0) is 67.9 Å². The van der Waals surface area contributed by atoms with E-state index in [2.05, 4.69) is 35.5 Å². The standard InChI is InChI=1S/C51H64FN11O7S/c1-30(2)46(50(67)63-27-36(64)23-41(63)49(66)55-31(3)34-9-11-35(12-10-34)47-32(4)54-29-71-47)44-25-45(58-70-44)61-17-13-33(14-18-61)26-59-16-15-43(38(52)28-59)69-51(68)62-21-19-60(20-22-62)40-24-39(56-57-48(40)53)37-7-5-6-8-42(37)65/h5-12,24-25,29-31,33,36,38,41,43,46,64-65H,13-23,26-28H2,1-4H3,(H2,53,57)(H,55,66)/t31-,36+,38-,41-,43+,46+/m0/s1. The summed E-state index contributed by atoms with van der Waals surface area (Å²) in [6.07, 6.45) is -1.23. The van der Waals surface area contributed by atoms with Crippen molar-refractivity contribution >= 4 is 46.6 Å². The molecule has 5 aromatic rings. The number of phenols is 1. The lowest BCUT2D eigenvalue weighted by Gasteiger charge is -2.40. The number of aliphatic hydroxyl groups excluding tert-OH is 1. The Morgan fingerprint density at radius 2 is 1.69 bits per heavy atom. The van der Waals surface area contributed by atoms with Crippen LogP contribution in [0.1, 0.15) is 75.4 Å². The Labute approximate surface area is 416 Å². The molecule has 0 unspecified atom stereocenters. The third-order valence-corrected chi connectivity index (χ3v) is 15.5. The molecule has 20 heteroatoms. The number of para-hydroxylation sites is 1. The third-order valence-electron chi connectivity index (χ3n) is 14.5. The van der Waals surface area contributed by atoms with Crippen LogP contribution in [-0.2, 0) is 14.3 Å². The van der Waals surface area contributed by atoms with Gasteiger partial charge in [-0.25, -0.2) is 14.2 Å². The molecule has 0 spiro atoms. The Morgan fingerprint density at radius 3 is 2.38 bits per heavy atom. The van der Waals surface area contributed by atoms with E-state index in [1.54, 1.807) is 46.6 Å². The molecule has 4 aliphatic heterocycles. The van der Waals surface area contributed by atoms with Crippen molar-refractivity contribution in [2.75, 3.05) is 81.0 Å². The molecule has 3 amide bonds. The van der Waals surface area contributed by atoms with Gasteiger partial charge in [-0.3, -0.25) is 14.5 Å². The van der Waals surface area contributed by atoms with Gasteiger partial charge in [0.1, 0.15) is 30.0 Å². The average molecular weight is 994 g/mol. The molecule has 0 saturated carbocycles. The van der Waals surface area contributed by atoms with Crippen LogP contribution in [0.4, 0.5) is 26.5 Å². The molecule has 0 radical (unpaired) electrons. The minimum absolute atomic E-state index is 0.0458. The number of hydrogen-bond acceptors (Lipinski definition) is 16. The first-order chi connectivity index (χ1) is 34.2. The summed E-state index contributed by atoms with van der Waals surface area (Å²) in [4.78, 5) is 56.2. The third kappa shape index (κ3) is 11.1. The second kappa shape index (κ2) is 21.5. The zero-order valence-electron chi connectivity index (χ0n) is 40.7. The smallest absolute Gasteiger partial charge is 0.410 e. The number of thiazole rings is 1. The van der Waals surface area contributed by atoms with Crippen LogP contribution in [0.5, 0.6) is 5.75 Å².